The summed E-state index contributed by atoms with van der Waals surface area (Å²) in [5.41, 5.74) is 4.56. The normalized spacial score (nSPS) is 10.8. The zero-order valence-corrected chi connectivity index (χ0v) is 13.4. The highest BCUT2D eigenvalue weighted by Gasteiger charge is 2.11. The molecule has 2 N–H and O–H groups in total. The minimum atomic E-state index is -0.0972. The van der Waals surface area contributed by atoms with Crippen molar-refractivity contribution in [3.63, 3.8) is 0 Å². The van der Waals surface area contributed by atoms with Crippen LogP contribution in [0.2, 0.25) is 0 Å². The van der Waals surface area contributed by atoms with Gasteiger partial charge in [-0.05, 0) is 60.7 Å². The topological polar surface area (TPSA) is 44.9 Å². The highest BCUT2D eigenvalue weighted by molar-refractivity contribution is 9.10. The molecular weight excluding hydrogens is 328 g/mol. The van der Waals surface area contributed by atoms with Crippen LogP contribution in [0.5, 0.6) is 0 Å². The molecule has 0 aliphatic heterocycles. The van der Waals surface area contributed by atoms with Crippen molar-refractivity contribution in [1.29, 1.82) is 0 Å². The lowest BCUT2D eigenvalue weighted by atomic mass is 10.1. The van der Waals surface area contributed by atoms with E-state index in [0.717, 1.165) is 32.2 Å². The molecule has 0 atom stereocenters. The third-order valence-electron chi connectivity index (χ3n) is 3.55. The average Bonchev–Trinajstić information content (AvgIpc) is 2.89. The number of rotatable bonds is 2. The number of anilines is 1. The summed E-state index contributed by atoms with van der Waals surface area (Å²) in [5, 5.41) is 4.10. The lowest BCUT2D eigenvalue weighted by molar-refractivity contribution is 0.102. The van der Waals surface area contributed by atoms with Crippen LogP contribution < -0.4 is 5.32 Å². The van der Waals surface area contributed by atoms with Gasteiger partial charge in [0.15, 0.2) is 0 Å². The Kier molecular flexibility index (Phi) is 3.55. The summed E-state index contributed by atoms with van der Waals surface area (Å²) in [7, 11) is 0. The lowest BCUT2D eigenvalue weighted by Crippen LogP contribution is -2.13. The second-order valence-corrected chi connectivity index (χ2v) is 6.06. The Morgan fingerprint density at radius 3 is 2.52 bits per heavy atom. The smallest absolute Gasteiger partial charge is 0.255 e. The second-order valence-electron chi connectivity index (χ2n) is 5.15. The number of aromatic nitrogens is 1. The Balaban J connectivity index is 1.92. The van der Waals surface area contributed by atoms with Crippen LogP contribution in [0, 0.1) is 13.8 Å². The molecule has 0 fully saturated rings. The number of amides is 1. The van der Waals surface area contributed by atoms with Gasteiger partial charge >= 0.3 is 0 Å². The Morgan fingerprint density at radius 1 is 1.10 bits per heavy atom. The molecule has 3 nitrogen and oxygen atoms in total. The van der Waals surface area contributed by atoms with Gasteiger partial charge < -0.3 is 10.3 Å². The number of carbonyl (C=O) groups excluding carboxylic acids is 1. The molecule has 106 valence electrons. The van der Waals surface area contributed by atoms with Gasteiger partial charge in [0.2, 0.25) is 0 Å². The van der Waals surface area contributed by atoms with Crippen molar-refractivity contribution in [2.24, 2.45) is 0 Å². The molecule has 0 bridgehead atoms. The van der Waals surface area contributed by atoms with Gasteiger partial charge in [-0.2, -0.15) is 0 Å². The van der Waals surface area contributed by atoms with Crippen molar-refractivity contribution in [3.8, 4) is 0 Å². The molecule has 0 aliphatic rings. The van der Waals surface area contributed by atoms with E-state index < -0.39 is 0 Å². The number of nitrogens with one attached hydrogen (secondary N) is 2. The van der Waals surface area contributed by atoms with Crippen LogP contribution in [0.1, 0.15) is 21.5 Å². The predicted molar refractivity (Wildman–Crippen MR) is 89.9 cm³/mol. The van der Waals surface area contributed by atoms with Crippen LogP contribution in [0.4, 0.5) is 5.69 Å². The van der Waals surface area contributed by atoms with E-state index in [0.29, 0.717) is 5.56 Å². The van der Waals surface area contributed by atoms with Crippen LogP contribution in [0.25, 0.3) is 10.9 Å². The van der Waals surface area contributed by atoms with Crippen molar-refractivity contribution in [1.82, 2.24) is 4.98 Å². The summed E-state index contributed by atoms with van der Waals surface area (Å²) in [6.45, 7) is 3.98. The largest absolute Gasteiger partial charge is 0.361 e. The van der Waals surface area contributed by atoms with E-state index in [1.54, 1.807) is 0 Å². The number of hydrogen-bond donors (Lipinski definition) is 2. The Bertz CT molecular complexity index is 813. The SMILES string of the molecule is Cc1cc(Br)cc(C)c1NC(=O)c1ccc2cc[nH]c2c1. The zero-order chi connectivity index (χ0) is 15.0. The summed E-state index contributed by atoms with van der Waals surface area (Å²) in [6, 6.07) is 11.6. The summed E-state index contributed by atoms with van der Waals surface area (Å²) in [5.74, 6) is -0.0972. The van der Waals surface area contributed by atoms with E-state index in [-0.39, 0.29) is 5.91 Å². The predicted octanol–water partition coefficient (Wildman–Crippen LogP) is 4.80. The second kappa shape index (κ2) is 5.37. The van der Waals surface area contributed by atoms with Gasteiger partial charge in [-0.1, -0.05) is 22.0 Å². The molecule has 0 aliphatic carbocycles. The molecule has 3 rings (SSSR count). The van der Waals surface area contributed by atoms with Crippen molar-refractivity contribution in [2.45, 2.75) is 13.8 Å². The molecule has 2 aromatic carbocycles. The first-order valence-corrected chi connectivity index (χ1v) is 7.49. The number of aromatic amines is 1. The minimum absolute atomic E-state index is 0.0972. The van der Waals surface area contributed by atoms with Crippen molar-refractivity contribution in [3.05, 3.63) is 63.8 Å². The first-order valence-electron chi connectivity index (χ1n) is 6.70. The number of hydrogen-bond acceptors (Lipinski definition) is 1. The van der Waals surface area contributed by atoms with Gasteiger partial charge in [0.05, 0.1) is 0 Å². The maximum Gasteiger partial charge on any atom is 0.255 e. The molecule has 0 unspecified atom stereocenters. The highest BCUT2D eigenvalue weighted by Crippen LogP contribution is 2.26. The van der Waals surface area contributed by atoms with E-state index in [2.05, 4.69) is 26.2 Å². The number of benzene rings is 2. The maximum absolute atomic E-state index is 12.4. The van der Waals surface area contributed by atoms with Crippen LogP contribution >= 0.6 is 15.9 Å². The summed E-state index contributed by atoms with van der Waals surface area (Å²) in [4.78, 5) is 15.6. The fraction of sp³-hybridized carbons (Fsp3) is 0.118. The molecule has 0 saturated heterocycles. The average molecular weight is 343 g/mol. The number of carbonyl (C=O) groups is 1. The van der Waals surface area contributed by atoms with Crippen LogP contribution in [0.15, 0.2) is 47.1 Å². The highest BCUT2D eigenvalue weighted by atomic mass is 79.9. The van der Waals surface area contributed by atoms with Crippen molar-refractivity contribution < 1.29 is 4.79 Å². The molecular formula is C17H15BrN2O. The fourth-order valence-corrected chi connectivity index (χ4v) is 3.17. The van der Waals surface area contributed by atoms with E-state index in [4.69, 9.17) is 0 Å². The standard InChI is InChI=1S/C17H15BrN2O/c1-10-7-14(18)8-11(2)16(10)20-17(21)13-4-3-12-5-6-19-15(12)9-13/h3-9,19H,1-2H3,(H,20,21). The van der Waals surface area contributed by atoms with E-state index in [9.17, 15) is 4.79 Å². The van der Waals surface area contributed by atoms with E-state index in [1.807, 2.05) is 56.4 Å². The van der Waals surface area contributed by atoms with Crippen molar-refractivity contribution in [2.75, 3.05) is 5.32 Å². The molecule has 3 aromatic rings. The summed E-state index contributed by atoms with van der Waals surface area (Å²) in [6.07, 6.45) is 1.87. The molecule has 1 aromatic heterocycles. The summed E-state index contributed by atoms with van der Waals surface area (Å²) < 4.78 is 1.02. The fourth-order valence-electron chi connectivity index (χ4n) is 2.48. The number of halogens is 1. The molecule has 0 saturated carbocycles. The molecule has 1 heterocycles. The van der Waals surface area contributed by atoms with E-state index in [1.165, 1.54) is 0 Å². The molecule has 0 spiro atoms. The van der Waals surface area contributed by atoms with Gasteiger partial charge in [0.1, 0.15) is 0 Å². The number of fused-ring (bicyclic) bond motifs is 1. The molecule has 1 amide bonds. The zero-order valence-electron chi connectivity index (χ0n) is 11.8. The lowest BCUT2D eigenvalue weighted by Gasteiger charge is -2.12. The van der Waals surface area contributed by atoms with Crippen LogP contribution in [0.3, 0.4) is 0 Å². The van der Waals surface area contributed by atoms with Gasteiger partial charge in [0, 0.05) is 27.4 Å². The molecule has 4 heteroatoms. The van der Waals surface area contributed by atoms with Crippen LogP contribution in [-0.4, -0.2) is 10.9 Å². The quantitative estimate of drug-likeness (QED) is 0.690. The molecule has 0 radical (unpaired) electrons. The molecule has 21 heavy (non-hydrogen) atoms. The summed E-state index contributed by atoms with van der Waals surface area (Å²) >= 11 is 3.46. The maximum atomic E-state index is 12.4. The first-order chi connectivity index (χ1) is 10.0. The number of aryl methyl sites for hydroxylation is 2. The van der Waals surface area contributed by atoms with E-state index >= 15 is 0 Å². The Labute approximate surface area is 131 Å². The monoisotopic (exact) mass is 342 g/mol. The first kappa shape index (κ1) is 13.9. The third-order valence-corrected chi connectivity index (χ3v) is 4.01. The minimum Gasteiger partial charge on any atom is -0.361 e. The Morgan fingerprint density at radius 2 is 1.81 bits per heavy atom. The van der Waals surface area contributed by atoms with Crippen molar-refractivity contribution >= 4 is 38.4 Å². The number of H-pyrrole nitrogens is 1. The Hall–Kier alpha value is -2.07. The van der Waals surface area contributed by atoms with Gasteiger partial charge in [-0.15, -0.1) is 0 Å². The third kappa shape index (κ3) is 2.72. The van der Waals surface area contributed by atoms with Gasteiger partial charge in [-0.25, -0.2) is 0 Å². The van der Waals surface area contributed by atoms with Crippen LogP contribution in [-0.2, 0) is 0 Å². The van der Waals surface area contributed by atoms with Gasteiger partial charge in [-0.3, -0.25) is 4.79 Å². The van der Waals surface area contributed by atoms with Gasteiger partial charge in [0.25, 0.3) is 5.91 Å².